The number of carbonyl (C=O) groups excluding carboxylic acids is 3. The molecule has 0 unspecified atom stereocenters. The summed E-state index contributed by atoms with van der Waals surface area (Å²) in [6, 6.07) is 12.4. The fourth-order valence-electron chi connectivity index (χ4n) is 3.32. The lowest BCUT2D eigenvalue weighted by molar-refractivity contribution is -0.146. The summed E-state index contributed by atoms with van der Waals surface area (Å²) in [5.41, 5.74) is 2.26. The SMILES string of the molecule is CCOc1ccc(C(=O)NCC(=O)OCC(=O)N2CCc3ccccc32)cc1OCC. The molecule has 2 amide bonds. The molecule has 8 nitrogen and oxygen atoms in total. The van der Waals surface area contributed by atoms with Gasteiger partial charge < -0.3 is 24.4 Å². The van der Waals surface area contributed by atoms with E-state index in [-0.39, 0.29) is 19.1 Å². The molecule has 31 heavy (non-hydrogen) atoms. The summed E-state index contributed by atoms with van der Waals surface area (Å²) in [5.74, 6) is -0.443. The van der Waals surface area contributed by atoms with Crippen LogP contribution in [0.3, 0.4) is 0 Å². The van der Waals surface area contributed by atoms with Crippen LogP contribution in [0.15, 0.2) is 42.5 Å². The molecule has 0 radical (unpaired) electrons. The van der Waals surface area contributed by atoms with Gasteiger partial charge in [-0.1, -0.05) is 18.2 Å². The number of rotatable bonds is 9. The molecule has 1 aliphatic heterocycles. The van der Waals surface area contributed by atoms with Crippen molar-refractivity contribution in [3.8, 4) is 11.5 Å². The first-order valence-corrected chi connectivity index (χ1v) is 10.2. The van der Waals surface area contributed by atoms with Gasteiger partial charge in [-0.25, -0.2) is 0 Å². The minimum Gasteiger partial charge on any atom is -0.490 e. The molecule has 0 atom stereocenters. The number of anilines is 1. The van der Waals surface area contributed by atoms with Gasteiger partial charge in [-0.3, -0.25) is 14.4 Å². The van der Waals surface area contributed by atoms with Crippen LogP contribution in [0.2, 0.25) is 0 Å². The zero-order valence-corrected chi connectivity index (χ0v) is 17.7. The number of benzene rings is 2. The molecule has 3 rings (SSSR count). The Kier molecular flexibility index (Phi) is 7.48. The maximum absolute atomic E-state index is 12.4. The van der Waals surface area contributed by atoms with E-state index in [1.54, 1.807) is 23.1 Å². The number of fused-ring (bicyclic) bond motifs is 1. The number of hydrogen-bond acceptors (Lipinski definition) is 6. The molecule has 0 saturated heterocycles. The predicted octanol–water partition coefficient (Wildman–Crippen LogP) is 2.35. The molecule has 164 valence electrons. The third-order valence-electron chi connectivity index (χ3n) is 4.74. The van der Waals surface area contributed by atoms with Crippen LogP contribution in [0.25, 0.3) is 0 Å². The van der Waals surface area contributed by atoms with E-state index in [1.807, 2.05) is 38.1 Å². The maximum Gasteiger partial charge on any atom is 0.325 e. The van der Waals surface area contributed by atoms with E-state index in [4.69, 9.17) is 14.2 Å². The van der Waals surface area contributed by atoms with Crippen LogP contribution in [-0.2, 0) is 20.7 Å². The van der Waals surface area contributed by atoms with Crippen molar-refractivity contribution in [3.05, 3.63) is 53.6 Å². The van der Waals surface area contributed by atoms with Gasteiger partial charge in [0.1, 0.15) is 6.54 Å². The van der Waals surface area contributed by atoms with Gasteiger partial charge in [0.25, 0.3) is 11.8 Å². The molecular weight excluding hydrogens is 400 g/mol. The minimum atomic E-state index is -0.690. The average molecular weight is 426 g/mol. The van der Waals surface area contributed by atoms with Gasteiger partial charge >= 0.3 is 5.97 Å². The smallest absolute Gasteiger partial charge is 0.325 e. The van der Waals surface area contributed by atoms with Crippen LogP contribution in [0.1, 0.15) is 29.8 Å². The van der Waals surface area contributed by atoms with Crippen molar-refractivity contribution in [1.29, 1.82) is 0 Å². The molecule has 1 heterocycles. The summed E-state index contributed by atoms with van der Waals surface area (Å²) >= 11 is 0. The normalized spacial score (nSPS) is 12.1. The van der Waals surface area contributed by atoms with Gasteiger partial charge in [0.15, 0.2) is 18.1 Å². The number of amides is 2. The number of esters is 1. The van der Waals surface area contributed by atoms with Crippen molar-refractivity contribution in [2.75, 3.05) is 37.8 Å². The highest BCUT2D eigenvalue weighted by Crippen LogP contribution is 2.29. The summed E-state index contributed by atoms with van der Waals surface area (Å²) in [4.78, 5) is 38.4. The summed E-state index contributed by atoms with van der Waals surface area (Å²) in [6.45, 7) is 4.43. The average Bonchev–Trinajstić information content (AvgIpc) is 3.21. The Labute approximate surface area is 181 Å². The highest BCUT2D eigenvalue weighted by Gasteiger charge is 2.25. The zero-order valence-electron chi connectivity index (χ0n) is 17.7. The third-order valence-corrected chi connectivity index (χ3v) is 4.74. The fraction of sp³-hybridized carbons (Fsp3) is 0.348. The molecule has 0 saturated carbocycles. The van der Waals surface area contributed by atoms with Crippen LogP contribution >= 0.6 is 0 Å². The molecule has 1 N–H and O–H groups in total. The van der Waals surface area contributed by atoms with Gasteiger partial charge in [0.05, 0.1) is 13.2 Å². The van der Waals surface area contributed by atoms with E-state index >= 15 is 0 Å². The van der Waals surface area contributed by atoms with Gasteiger partial charge in [0.2, 0.25) is 0 Å². The highest BCUT2D eigenvalue weighted by molar-refractivity contribution is 5.98. The quantitative estimate of drug-likeness (QED) is 0.619. The molecule has 0 aliphatic carbocycles. The van der Waals surface area contributed by atoms with Crippen LogP contribution in [0, 0.1) is 0 Å². The summed E-state index contributed by atoms with van der Waals surface area (Å²) in [5, 5.41) is 2.49. The second-order valence-electron chi connectivity index (χ2n) is 6.79. The van der Waals surface area contributed by atoms with Crippen LogP contribution in [0.4, 0.5) is 5.69 Å². The maximum atomic E-state index is 12.4. The van der Waals surface area contributed by atoms with E-state index in [0.29, 0.717) is 36.8 Å². The number of para-hydroxylation sites is 1. The van der Waals surface area contributed by atoms with E-state index in [2.05, 4.69) is 5.32 Å². The number of nitrogens with one attached hydrogen (secondary N) is 1. The Balaban J connectivity index is 1.49. The van der Waals surface area contributed by atoms with Gasteiger partial charge in [-0.2, -0.15) is 0 Å². The molecule has 0 aromatic heterocycles. The van der Waals surface area contributed by atoms with Gasteiger partial charge in [0, 0.05) is 17.8 Å². The van der Waals surface area contributed by atoms with E-state index in [0.717, 1.165) is 17.7 Å². The summed E-state index contributed by atoms with van der Waals surface area (Å²) in [6.07, 6.45) is 0.776. The van der Waals surface area contributed by atoms with Gasteiger partial charge in [-0.05, 0) is 50.1 Å². The molecule has 1 aliphatic rings. The number of carbonyl (C=O) groups is 3. The van der Waals surface area contributed by atoms with Crippen LogP contribution < -0.4 is 19.7 Å². The summed E-state index contributed by atoms with van der Waals surface area (Å²) in [7, 11) is 0. The first kappa shape index (κ1) is 22.1. The van der Waals surface area contributed by atoms with Gasteiger partial charge in [-0.15, -0.1) is 0 Å². The van der Waals surface area contributed by atoms with Crippen molar-refractivity contribution in [2.24, 2.45) is 0 Å². The predicted molar refractivity (Wildman–Crippen MR) is 115 cm³/mol. The second-order valence-corrected chi connectivity index (χ2v) is 6.79. The van der Waals surface area contributed by atoms with E-state index < -0.39 is 11.9 Å². The molecule has 0 fully saturated rings. The number of ether oxygens (including phenoxy) is 3. The standard InChI is InChI=1S/C23H26N2O6/c1-3-29-19-10-9-17(13-20(19)30-4-2)23(28)24-14-22(27)31-15-21(26)25-12-11-16-7-5-6-8-18(16)25/h5-10,13H,3-4,11-12,14-15H2,1-2H3,(H,24,28). The Bertz CT molecular complexity index is 959. The monoisotopic (exact) mass is 426 g/mol. The lowest BCUT2D eigenvalue weighted by Crippen LogP contribution is -2.36. The molecule has 2 aromatic carbocycles. The van der Waals surface area contributed by atoms with Crippen LogP contribution in [-0.4, -0.2) is 50.7 Å². The molecule has 0 spiro atoms. The first-order valence-electron chi connectivity index (χ1n) is 10.2. The third kappa shape index (κ3) is 5.53. The van der Waals surface area contributed by atoms with E-state index in [1.165, 1.54) is 0 Å². The van der Waals surface area contributed by atoms with Crippen molar-refractivity contribution >= 4 is 23.5 Å². The number of hydrogen-bond donors (Lipinski definition) is 1. The molecular formula is C23H26N2O6. The molecule has 0 bridgehead atoms. The Morgan fingerprint density at radius 2 is 1.74 bits per heavy atom. The Morgan fingerprint density at radius 3 is 2.52 bits per heavy atom. The van der Waals surface area contributed by atoms with E-state index in [9.17, 15) is 14.4 Å². The first-order chi connectivity index (χ1) is 15.0. The minimum absolute atomic E-state index is 0.294. The fourth-order valence-corrected chi connectivity index (χ4v) is 3.32. The largest absolute Gasteiger partial charge is 0.490 e. The Morgan fingerprint density at radius 1 is 1.00 bits per heavy atom. The summed E-state index contributed by atoms with van der Waals surface area (Å²) < 4.78 is 16.0. The van der Waals surface area contributed by atoms with Crippen molar-refractivity contribution in [2.45, 2.75) is 20.3 Å². The Hall–Kier alpha value is -3.55. The highest BCUT2D eigenvalue weighted by atomic mass is 16.5. The van der Waals surface area contributed by atoms with Crippen molar-refractivity contribution in [1.82, 2.24) is 5.32 Å². The number of nitrogens with zero attached hydrogens (tertiary/aromatic N) is 1. The molecule has 8 heteroatoms. The van der Waals surface area contributed by atoms with Crippen molar-refractivity contribution in [3.63, 3.8) is 0 Å². The van der Waals surface area contributed by atoms with Crippen LogP contribution in [0.5, 0.6) is 11.5 Å². The molecule has 2 aromatic rings. The second kappa shape index (κ2) is 10.5. The zero-order chi connectivity index (χ0) is 22.2. The topological polar surface area (TPSA) is 94.2 Å². The lowest BCUT2D eigenvalue weighted by Gasteiger charge is -2.17. The van der Waals surface area contributed by atoms with Crippen molar-refractivity contribution < 1.29 is 28.6 Å². The lowest BCUT2D eigenvalue weighted by atomic mass is 10.2.